The molecule has 0 aliphatic heterocycles. The number of hydrogen-bond donors (Lipinski definition) is 2. The van der Waals surface area contributed by atoms with Gasteiger partial charge >= 0.3 is 0 Å². The van der Waals surface area contributed by atoms with Crippen LogP contribution < -0.4 is 0 Å². The maximum absolute atomic E-state index is 12.8. The molecule has 5 heteroatoms. The molecular formula is C25H28N2O3. The zero-order valence-corrected chi connectivity index (χ0v) is 18.3. The minimum absolute atomic E-state index is 0.0140. The smallest absolute Gasteiger partial charge is 0.296 e. The Kier molecular flexibility index (Phi) is 5.42. The molecule has 0 aromatic heterocycles. The number of rotatable bonds is 2. The Bertz CT molecular complexity index is 1150. The highest BCUT2D eigenvalue weighted by atomic mass is 16.3. The van der Waals surface area contributed by atoms with Gasteiger partial charge in [-0.25, -0.2) is 0 Å². The summed E-state index contributed by atoms with van der Waals surface area (Å²) in [5.41, 5.74) is 1.79. The van der Waals surface area contributed by atoms with Crippen LogP contribution in [0.2, 0.25) is 0 Å². The Labute approximate surface area is 177 Å². The molecule has 0 spiro atoms. The van der Waals surface area contributed by atoms with Crippen LogP contribution in [-0.2, 0) is 10.8 Å². The number of aromatic hydroxyl groups is 2. The van der Waals surface area contributed by atoms with Gasteiger partial charge in [0.05, 0.1) is 5.56 Å². The van der Waals surface area contributed by atoms with E-state index in [-0.39, 0.29) is 33.6 Å². The third kappa shape index (κ3) is 4.35. The van der Waals surface area contributed by atoms with Crippen molar-refractivity contribution in [2.75, 3.05) is 0 Å². The second-order valence-corrected chi connectivity index (χ2v) is 9.61. The summed E-state index contributed by atoms with van der Waals surface area (Å²) in [5.74, 6) is -0.576. The Morgan fingerprint density at radius 3 is 2.17 bits per heavy atom. The Morgan fingerprint density at radius 1 is 0.867 bits per heavy atom. The number of fused-ring (bicyclic) bond motifs is 1. The number of amides is 1. The van der Waals surface area contributed by atoms with Crippen molar-refractivity contribution < 1.29 is 15.0 Å². The van der Waals surface area contributed by atoms with Crippen LogP contribution in [0.25, 0.3) is 10.8 Å². The first kappa shape index (κ1) is 21.5. The maximum atomic E-state index is 12.8. The van der Waals surface area contributed by atoms with Crippen LogP contribution in [0.1, 0.15) is 63.0 Å². The highest BCUT2D eigenvalue weighted by Crippen LogP contribution is 2.41. The van der Waals surface area contributed by atoms with Crippen molar-refractivity contribution >= 4 is 22.4 Å². The van der Waals surface area contributed by atoms with Crippen molar-refractivity contribution in [3.05, 3.63) is 65.2 Å². The van der Waals surface area contributed by atoms with Gasteiger partial charge < -0.3 is 10.2 Å². The lowest BCUT2D eigenvalue weighted by Gasteiger charge is -2.26. The van der Waals surface area contributed by atoms with E-state index < -0.39 is 5.91 Å². The lowest BCUT2D eigenvalue weighted by molar-refractivity contribution is 0.0996. The van der Waals surface area contributed by atoms with Crippen LogP contribution in [0.15, 0.2) is 58.8 Å². The van der Waals surface area contributed by atoms with E-state index in [1.54, 1.807) is 18.2 Å². The van der Waals surface area contributed by atoms with E-state index in [1.165, 1.54) is 6.07 Å². The number of phenolic OH excluding ortho intramolecular Hbond substituents is 2. The molecule has 30 heavy (non-hydrogen) atoms. The van der Waals surface area contributed by atoms with Crippen LogP contribution in [0, 0.1) is 0 Å². The molecule has 3 rings (SSSR count). The average molecular weight is 405 g/mol. The normalized spacial score (nSPS) is 12.6. The Balaban J connectivity index is 2.09. The maximum Gasteiger partial charge on any atom is 0.296 e. The van der Waals surface area contributed by atoms with Gasteiger partial charge in [0.25, 0.3) is 5.91 Å². The molecule has 156 valence electrons. The van der Waals surface area contributed by atoms with Gasteiger partial charge in [0.1, 0.15) is 17.2 Å². The van der Waals surface area contributed by atoms with Crippen LogP contribution in [0.4, 0.5) is 5.69 Å². The van der Waals surface area contributed by atoms with Gasteiger partial charge in [-0.1, -0.05) is 71.9 Å². The number of azo groups is 1. The molecule has 0 atom stereocenters. The number of carbonyl (C=O) groups excluding carboxylic acids is 1. The van der Waals surface area contributed by atoms with Crippen LogP contribution in [0.5, 0.6) is 11.5 Å². The second-order valence-electron chi connectivity index (χ2n) is 9.61. The fourth-order valence-corrected chi connectivity index (χ4v) is 3.32. The largest absolute Gasteiger partial charge is 0.508 e. The van der Waals surface area contributed by atoms with Gasteiger partial charge in [-0.15, -0.1) is 10.2 Å². The van der Waals surface area contributed by atoms with Gasteiger partial charge in [0.2, 0.25) is 0 Å². The minimum Gasteiger partial charge on any atom is -0.508 e. The zero-order chi connectivity index (χ0) is 22.3. The summed E-state index contributed by atoms with van der Waals surface area (Å²) in [4.78, 5) is 12.8. The third-order valence-electron chi connectivity index (χ3n) is 5.09. The molecule has 0 unspecified atom stereocenters. The second kappa shape index (κ2) is 7.56. The first-order valence-corrected chi connectivity index (χ1v) is 9.94. The van der Waals surface area contributed by atoms with E-state index in [0.29, 0.717) is 5.39 Å². The first-order chi connectivity index (χ1) is 13.9. The fraction of sp³-hybridized carbons (Fsp3) is 0.320. The van der Waals surface area contributed by atoms with E-state index in [9.17, 15) is 15.0 Å². The molecule has 3 aromatic carbocycles. The van der Waals surface area contributed by atoms with E-state index in [0.717, 1.165) is 16.5 Å². The van der Waals surface area contributed by atoms with Gasteiger partial charge in [0.15, 0.2) is 0 Å². The summed E-state index contributed by atoms with van der Waals surface area (Å²) in [6, 6.07) is 14.0. The summed E-state index contributed by atoms with van der Waals surface area (Å²) in [6.45, 7) is 12.3. The standard InChI is InChI=1S/C25H28N2O3/c1-24(2,3)16-12-20(25(4,5)6)22(29)21(13-16)26-27-23(30)19-14-17(28)11-15-9-7-8-10-18(15)19/h7-14,28-29H,1-6H3. The lowest BCUT2D eigenvalue weighted by atomic mass is 9.80. The summed E-state index contributed by atoms with van der Waals surface area (Å²) >= 11 is 0. The quantitative estimate of drug-likeness (QED) is 0.462. The van der Waals surface area contributed by atoms with Gasteiger partial charge in [-0.3, -0.25) is 4.79 Å². The lowest BCUT2D eigenvalue weighted by Crippen LogP contribution is -2.16. The van der Waals surface area contributed by atoms with Crippen molar-refractivity contribution in [2.45, 2.75) is 52.4 Å². The molecule has 0 aliphatic carbocycles. The highest BCUT2D eigenvalue weighted by molar-refractivity contribution is 6.08. The topological polar surface area (TPSA) is 82.2 Å². The molecular weight excluding hydrogens is 376 g/mol. The molecule has 0 bridgehead atoms. The monoisotopic (exact) mass is 404 g/mol. The average Bonchev–Trinajstić information content (AvgIpc) is 2.64. The first-order valence-electron chi connectivity index (χ1n) is 9.94. The molecule has 0 saturated heterocycles. The number of phenols is 2. The van der Waals surface area contributed by atoms with E-state index >= 15 is 0 Å². The number of carbonyl (C=O) groups is 1. The van der Waals surface area contributed by atoms with E-state index in [2.05, 4.69) is 31.0 Å². The molecule has 2 N–H and O–H groups in total. The van der Waals surface area contributed by atoms with Crippen molar-refractivity contribution in [1.82, 2.24) is 0 Å². The summed E-state index contributed by atoms with van der Waals surface area (Å²) < 4.78 is 0. The summed E-state index contributed by atoms with van der Waals surface area (Å²) in [5, 5.41) is 30.2. The van der Waals surface area contributed by atoms with Crippen molar-refractivity contribution in [2.24, 2.45) is 10.2 Å². The third-order valence-corrected chi connectivity index (χ3v) is 5.09. The highest BCUT2D eigenvalue weighted by Gasteiger charge is 2.25. The summed E-state index contributed by atoms with van der Waals surface area (Å²) in [7, 11) is 0. The van der Waals surface area contributed by atoms with Gasteiger partial charge in [-0.05, 0) is 45.4 Å². The van der Waals surface area contributed by atoms with E-state index in [1.807, 2.05) is 45.0 Å². The summed E-state index contributed by atoms with van der Waals surface area (Å²) in [6.07, 6.45) is 0. The molecule has 0 radical (unpaired) electrons. The molecule has 0 fully saturated rings. The van der Waals surface area contributed by atoms with E-state index in [4.69, 9.17) is 0 Å². The predicted octanol–water partition coefficient (Wildman–Crippen LogP) is 6.77. The fourth-order valence-electron chi connectivity index (χ4n) is 3.32. The van der Waals surface area contributed by atoms with Crippen molar-refractivity contribution in [3.8, 4) is 11.5 Å². The number of nitrogens with zero attached hydrogens (tertiary/aromatic N) is 2. The Hall–Kier alpha value is -3.21. The molecule has 0 saturated carbocycles. The minimum atomic E-state index is -0.583. The SMILES string of the molecule is CC(C)(C)c1cc(N=NC(=O)c2cc(O)cc3ccccc23)c(O)c(C(C)(C)C)c1. The van der Waals surface area contributed by atoms with Crippen LogP contribution in [-0.4, -0.2) is 16.1 Å². The van der Waals surface area contributed by atoms with Crippen molar-refractivity contribution in [1.29, 1.82) is 0 Å². The van der Waals surface area contributed by atoms with Crippen molar-refractivity contribution in [3.63, 3.8) is 0 Å². The molecule has 5 nitrogen and oxygen atoms in total. The number of hydrogen-bond acceptors (Lipinski definition) is 4. The molecule has 0 heterocycles. The zero-order valence-electron chi connectivity index (χ0n) is 18.3. The van der Waals surface area contributed by atoms with Gasteiger partial charge in [-0.2, -0.15) is 0 Å². The molecule has 1 amide bonds. The molecule has 0 aliphatic rings. The van der Waals surface area contributed by atoms with Crippen LogP contribution in [0.3, 0.4) is 0 Å². The van der Waals surface area contributed by atoms with Crippen LogP contribution >= 0.6 is 0 Å². The predicted molar refractivity (Wildman–Crippen MR) is 120 cm³/mol. The molecule has 3 aromatic rings. The number of benzene rings is 3. The van der Waals surface area contributed by atoms with Gasteiger partial charge in [0, 0.05) is 5.56 Å². The Morgan fingerprint density at radius 2 is 1.53 bits per heavy atom.